The number of rotatable bonds is 4. The molecular weight excluding hydrogens is 176 g/mol. The zero-order valence-electron chi connectivity index (χ0n) is 7.86. The second kappa shape index (κ2) is 4.23. The average Bonchev–Trinajstić information content (AvgIpc) is 1.81. The van der Waals surface area contributed by atoms with Crippen LogP contribution in [0.2, 0.25) is 0 Å². The Kier molecular flexibility index (Phi) is 3.87. The van der Waals surface area contributed by atoms with Gasteiger partial charge >= 0.3 is 5.97 Å². The average molecular weight is 189 g/mol. The molecule has 0 saturated carbocycles. The smallest absolute Gasteiger partial charge is 0.333 e. The molecular formula is C8H13O5-. The molecule has 5 nitrogen and oxygen atoms in total. The fraction of sp³-hybridized carbons (Fsp3) is 0.750. The first-order valence-corrected chi connectivity index (χ1v) is 3.83. The Morgan fingerprint density at radius 2 is 1.92 bits per heavy atom. The van der Waals surface area contributed by atoms with Crippen LogP contribution in [0.5, 0.6) is 0 Å². The van der Waals surface area contributed by atoms with Crippen molar-refractivity contribution in [3.8, 4) is 0 Å². The van der Waals surface area contributed by atoms with Crippen LogP contribution in [0.3, 0.4) is 0 Å². The highest BCUT2D eigenvalue weighted by molar-refractivity contribution is 5.78. The molecule has 0 fully saturated rings. The molecule has 0 aromatic carbocycles. The van der Waals surface area contributed by atoms with Gasteiger partial charge in [-0.05, 0) is 20.8 Å². The van der Waals surface area contributed by atoms with Crippen LogP contribution in [-0.2, 0) is 14.3 Å². The standard InChI is InChI=1S/C8H14O5/c1-8(2,3)13-5(7(11)12)4-6(9)10/h5H,4H2,1-3H3,(H,9,10)(H,11,12)/p-1. The first kappa shape index (κ1) is 11.9. The number of aliphatic carboxylic acids is 2. The second-order valence-corrected chi connectivity index (χ2v) is 3.63. The third-order valence-corrected chi connectivity index (χ3v) is 1.12. The molecule has 0 amide bonds. The van der Waals surface area contributed by atoms with Crippen LogP contribution in [0.15, 0.2) is 0 Å². The van der Waals surface area contributed by atoms with Crippen LogP contribution < -0.4 is 5.11 Å². The molecule has 0 aromatic rings. The van der Waals surface area contributed by atoms with E-state index >= 15 is 0 Å². The molecule has 0 bridgehead atoms. The van der Waals surface area contributed by atoms with Crippen molar-refractivity contribution in [2.24, 2.45) is 0 Å². The quantitative estimate of drug-likeness (QED) is 0.637. The molecule has 0 heterocycles. The number of carbonyl (C=O) groups is 2. The van der Waals surface area contributed by atoms with Crippen molar-refractivity contribution in [1.29, 1.82) is 0 Å². The van der Waals surface area contributed by atoms with Gasteiger partial charge in [0.25, 0.3) is 0 Å². The van der Waals surface area contributed by atoms with E-state index in [1.54, 1.807) is 20.8 Å². The third-order valence-electron chi connectivity index (χ3n) is 1.12. The third kappa shape index (κ3) is 6.10. The van der Waals surface area contributed by atoms with Crippen molar-refractivity contribution in [3.63, 3.8) is 0 Å². The summed E-state index contributed by atoms with van der Waals surface area (Å²) >= 11 is 0. The highest BCUT2D eigenvalue weighted by Crippen LogP contribution is 2.12. The molecule has 13 heavy (non-hydrogen) atoms. The Hall–Kier alpha value is -1.10. The molecule has 1 atom stereocenters. The largest absolute Gasteiger partial charge is 0.550 e. The number of hydrogen-bond acceptors (Lipinski definition) is 4. The summed E-state index contributed by atoms with van der Waals surface area (Å²) in [6.45, 7) is 4.95. The minimum absolute atomic E-state index is 0.632. The van der Waals surface area contributed by atoms with E-state index in [1.165, 1.54) is 0 Å². The summed E-state index contributed by atoms with van der Waals surface area (Å²) in [6.07, 6.45) is -1.97. The van der Waals surface area contributed by atoms with E-state index < -0.39 is 30.1 Å². The van der Waals surface area contributed by atoms with Crippen LogP contribution in [0.25, 0.3) is 0 Å². The van der Waals surface area contributed by atoms with Gasteiger partial charge in [0.15, 0.2) is 6.10 Å². The van der Waals surface area contributed by atoms with Crippen molar-refractivity contribution in [2.45, 2.75) is 38.9 Å². The zero-order valence-corrected chi connectivity index (χ0v) is 7.86. The minimum Gasteiger partial charge on any atom is -0.550 e. The van der Waals surface area contributed by atoms with Gasteiger partial charge in [0.05, 0.1) is 5.60 Å². The predicted octanol–water partition coefficient (Wildman–Crippen LogP) is -0.605. The van der Waals surface area contributed by atoms with Gasteiger partial charge in [0.2, 0.25) is 0 Å². The zero-order chi connectivity index (χ0) is 10.6. The number of carbonyl (C=O) groups excluding carboxylic acids is 1. The highest BCUT2D eigenvalue weighted by atomic mass is 16.5. The summed E-state index contributed by atoms with van der Waals surface area (Å²) in [4.78, 5) is 20.6. The number of carboxylic acid groups (broad SMARTS) is 2. The molecule has 0 rings (SSSR count). The number of hydrogen-bond donors (Lipinski definition) is 1. The lowest BCUT2D eigenvalue weighted by atomic mass is 10.1. The van der Waals surface area contributed by atoms with Crippen LogP contribution in [0, 0.1) is 0 Å². The molecule has 1 unspecified atom stereocenters. The van der Waals surface area contributed by atoms with Gasteiger partial charge in [-0.1, -0.05) is 0 Å². The molecule has 76 valence electrons. The number of carboxylic acids is 2. The van der Waals surface area contributed by atoms with Crippen molar-refractivity contribution >= 4 is 11.9 Å². The summed E-state index contributed by atoms with van der Waals surface area (Å²) in [5, 5.41) is 18.7. The van der Waals surface area contributed by atoms with Crippen LogP contribution >= 0.6 is 0 Å². The maximum atomic E-state index is 10.5. The molecule has 1 N–H and O–H groups in total. The van der Waals surface area contributed by atoms with E-state index in [9.17, 15) is 14.7 Å². The molecule has 0 aliphatic carbocycles. The maximum absolute atomic E-state index is 10.5. The fourth-order valence-electron chi connectivity index (χ4n) is 0.758. The van der Waals surface area contributed by atoms with Crippen molar-refractivity contribution in [1.82, 2.24) is 0 Å². The second-order valence-electron chi connectivity index (χ2n) is 3.63. The Bertz CT molecular complexity index is 203. The van der Waals surface area contributed by atoms with Gasteiger partial charge < -0.3 is 19.7 Å². The van der Waals surface area contributed by atoms with Gasteiger partial charge in [-0.15, -0.1) is 0 Å². The summed E-state index contributed by atoms with van der Waals surface area (Å²) in [7, 11) is 0. The number of ether oxygens (including phenoxy) is 1. The van der Waals surface area contributed by atoms with Gasteiger partial charge in [-0.25, -0.2) is 4.79 Å². The fourth-order valence-corrected chi connectivity index (χ4v) is 0.758. The molecule has 0 aliphatic rings. The van der Waals surface area contributed by atoms with E-state index in [-0.39, 0.29) is 0 Å². The summed E-state index contributed by atoms with van der Waals surface area (Å²) in [5.74, 6) is -2.73. The topological polar surface area (TPSA) is 86.7 Å². The van der Waals surface area contributed by atoms with Gasteiger partial charge in [-0.3, -0.25) is 0 Å². The predicted molar refractivity (Wildman–Crippen MR) is 41.9 cm³/mol. The first-order chi connectivity index (χ1) is 5.72. The molecule has 0 aliphatic heterocycles. The lowest BCUT2D eigenvalue weighted by Gasteiger charge is -2.25. The van der Waals surface area contributed by atoms with Gasteiger partial charge in [-0.2, -0.15) is 0 Å². The lowest BCUT2D eigenvalue weighted by Crippen LogP contribution is -2.38. The minimum atomic E-state index is -1.43. The van der Waals surface area contributed by atoms with E-state index in [0.717, 1.165) is 0 Å². The van der Waals surface area contributed by atoms with Crippen LogP contribution in [0.1, 0.15) is 27.2 Å². The Labute approximate surface area is 76.3 Å². The van der Waals surface area contributed by atoms with Crippen LogP contribution in [0.4, 0.5) is 0 Å². The van der Waals surface area contributed by atoms with Crippen molar-refractivity contribution in [3.05, 3.63) is 0 Å². The molecule has 0 spiro atoms. The molecule has 0 saturated heterocycles. The Balaban J connectivity index is 4.27. The monoisotopic (exact) mass is 189 g/mol. The summed E-state index contributed by atoms with van der Waals surface area (Å²) in [5.41, 5.74) is -0.682. The molecule has 5 heteroatoms. The van der Waals surface area contributed by atoms with E-state index in [1.807, 2.05) is 0 Å². The maximum Gasteiger partial charge on any atom is 0.333 e. The lowest BCUT2D eigenvalue weighted by molar-refractivity contribution is -0.308. The van der Waals surface area contributed by atoms with E-state index in [4.69, 9.17) is 9.84 Å². The molecule has 0 radical (unpaired) electrons. The summed E-state index contributed by atoms with van der Waals surface area (Å²) < 4.78 is 4.99. The van der Waals surface area contributed by atoms with Crippen LogP contribution in [-0.4, -0.2) is 28.8 Å². The Morgan fingerprint density at radius 3 is 2.15 bits per heavy atom. The first-order valence-electron chi connectivity index (χ1n) is 3.83. The molecule has 0 aromatic heterocycles. The van der Waals surface area contributed by atoms with Crippen molar-refractivity contribution in [2.75, 3.05) is 0 Å². The highest BCUT2D eigenvalue weighted by Gasteiger charge is 2.24. The van der Waals surface area contributed by atoms with Gasteiger partial charge in [0, 0.05) is 12.4 Å². The summed E-state index contributed by atoms with van der Waals surface area (Å²) in [6, 6.07) is 0. The van der Waals surface area contributed by atoms with E-state index in [2.05, 4.69) is 0 Å². The van der Waals surface area contributed by atoms with E-state index in [0.29, 0.717) is 0 Å². The van der Waals surface area contributed by atoms with Gasteiger partial charge in [0.1, 0.15) is 0 Å². The SMILES string of the molecule is CC(C)(C)OC(CC(=O)[O-])C(=O)O. The van der Waals surface area contributed by atoms with Crippen molar-refractivity contribution < 1.29 is 24.5 Å². The normalized spacial score (nSPS) is 13.8. The Morgan fingerprint density at radius 1 is 1.46 bits per heavy atom.